The normalized spacial score (nSPS) is 13.5. The molecular weight excluding hydrogens is 414 g/mol. The van der Waals surface area contributed by atoms with Crippen molar-refractivity contribution in [1.29, 1.82) is 0 Å². The number of nitrogens with one attached hydrogen (secondary N) is 1. The lowest BCUT2D eigenvalue weighted by Crippen LogP contribution is -2.34. The maximum atomic E-state index is 13.7. The molecular formula is C27H25N3O3. The molecule has 0 unspecified atom stereocenters. The van der Waals surface area contributed by atoms with E-state index < -0.39 is 5.91 Å². The highest BCUT2D eigenvalue weighted by molar-refractivity contribution is 6.46. The summed E-state index contributed by atoms with van der Waals surface area (Å²) in [5, 5.41) is 2.69. The third-order valence-electron chi connectivity index (χ3n) is 5.64. The summed E-state index contributed by atoms with van der Waals surface area (Å²) in [5.41, 5.74) is 5.27. The SMILES string of the molecule is CC(=O)Nc1ccc(N2C(=O)C(c3ccc(C)cc3C)=C(N(C)c3ccccc3)C2=O)cc1. The van der Waals surface area contributed by atoms with Gasteiger partial charge in [0.25, 0.3) is 11.8 Å². The fourth-order valence-electron chi connectivity index (χ4n) is 4.08. The van der Waals surface area contributed by atoms with E-state index in [1.807, 2.05) is 62.4 Å². The number of rotatable bonds is 5. The lowest BCUT2D eigenvalue weighted by molar-refractivity contribution is -0.120. The molecule has 0 saturated carbocycles. The first-order valence-corrected chi connectivity index (χ1v) is 10.6. The van der Waals surface area contributed by atoms with Crippen LogP contribution in [0.3, 0.4) is 0 Å². The van der Waals surface area contributed by atoms with Crippen molar-refractivity contribution in [1.82, 2.24) is 0 Å². The molecule has 0 atom stereocenters. The Morgan fingerprint density at radius 3 is 2.15 bits per heavy atom. The molecule has 3 amide bonds. The van der Waals surface area contributed by atoms with Crippen LogP contribution >= 0.6 is 0 Å². The summed E-state index contributed by atoms with van der Waals surface area (Å²) in [6.45, 7) is 5.36. The van der Waals surface area contributed by atoms with Crippen molar-refractivity contribution in [2.75, 3.05) is 22.2 Å². The van der Waals surface area contributed by atoms with Gasteiger partial charge in [0.15, 0.2) is 0 Å². The number of hydrogen-bond donors (Lipinski definition) is 1. The average molecular weight is 440 g/mol. The average Bonchev–Trinajstić information content (AvgIpc) is 3.04. The highest BCUT2D eigenvalue weighted by Gasteiger charge is 2.42. The lowest BCUT2D eigenvalue weighted by atomic mass is 9.97. The van der Waals surface area contributed by atoms with Crippen molar-refractivity contribution in [2.24, 2.45) is 0 Å². The molecule has 0 aliphatic carbocycles. The van der Waals surface area contributed by atoms with E-state index in [0.29, 0.717) is 22.6 Å². The van der Waals surface area contributed by atoms with E-state index >= 15 is 0 Å². The smallest absolute Gasteiger partial charge is 0.282 e. The number of para-hydroxylation sites is 1. The maximum absolute atomic E-state index is 13.7. The van der Waals surface area contributed by atoms with E-state index in [-0.39, 0.29) is 11.8 Å². The molecule has 1 N–H and O–H groups in total. The van der Waals surface area contributed by atoms with Gasteiger partial charge in [-0.05, 0) is 61.4 Å². The van der Waals surface area contributed by atoms with Crippen LogP contribution in [0.15, 0.2) is 78.5 Å². The van der Waals surface area contributed by atoms with E-state index in [4.69, 9.17) is 0 Å². The quantitative estimate of drug-likeness (QED) is 0.586. The molecule has 3 aromatic carbocycles. The molecule has 3 aromatic rings. The minimum Gasteiger partial charge on any atom is -0.339 e. The van der Waals surface area contributed by atoms with Crippen LogP contribution in [0.25, 0.3) is 5.57 Å². The molecule has 6 nitrogen and oxygen atoms in total. The van der Waals surface area contributed by atoms with Gasteiger partial charge in [-0.15, -0.1) is 0 Å². The molecule has 166 valence electrons. The maximum Gasteiger partial charge on any atom is 0.282 e. The zero-order valence-electron chi connectivity index (χ0n) is 19.0. The Morgan fingerprint density at radius 1 is 0.879 bits per heavy atom. The molecule has 4 rings (SSSR count). The summed E-state index contributed by atoms with van der Waals surface area (Å²) < 4.78 is 0. The lowest BCUT2D eigenvalue weighted by Gasteiger charge is -2.22. The molecule has 0 fully saturated rings. The molecule has 0 radical (unpaired) electrons. The predicted molar refractivity (Wildman–Crippen MR) is 131 cm³/mol. The first kappa shape index (κ1) is 22.0. The monoisotopic (exact) mass is 439 g/mol. The summed E-state index contributed by atoms with van der Waals surface area (Å²) in [5.74, 6) is -0.965. The number of imide groups is 1. The second-order valence-corrected chi connectivity index (χ2v) is 8.11. The van der Waals surface area contributed by atoms with E-state index in [2.05, 4.69) is 5.32 Å². The van der Waals surface area contributed by atoms with Crippen LogP contribution in [0.2, 0.25) is 0 Å². The minimum absolute atomic E-state index is 0.193. The number of anilines is 3. The van der Waals surface area contributed by atoms with E-state index in [1.54, 1.807) is 36.2 Å². The van der Waals surface area contributed by atoms with Gasteiger partial charge in [-0.25, -0.2) is 4.90 Å². The van der Waals surface area contributed by atoms with Crippen LogP contribution in [0.1, 0.15) is 23.6 Å². The van der Waals surface area contributed by atoms with Crippen LogP contribution in [0.5, 0.6) is 0 Å². The van der Waals surface area contributed by atoms with Crippen molar-refractivity contribution in [3.63, 3.8) is 0 Å². The number of likely N-dealkylation sites (N-methyl/N-ethyl adjacent to an activating group) is 1. The zero-order chi connectivity index (χ0) is 23.7. The van der Waals surface area contributed by atoms with Crippen molar-refractivity contribution in [3.8, 4) is 0 Å². The Labute approximate surface area is 193 Å². The highest BCUT2D eigenvalue weighted by Crippen LogP contribution is 2.37. The van der Waals surface area contributed by atoms with E-state index in [0.717, 1.165) is 22.4 Å². The number of amides is 3. The standard InChI is InChI=1S/C27H25N3O3/c1-17-10-15-23(18(2)16-17)24-25(29(4)21-8-6-5-7-9-21)27(33)30(26(24)32)22-13-11-20(12-14-22)28-19(3)31/h5-16H,1-4H3,(H,28,31). The summed E-state index contributed by atoms with van der Waals surface area (Å²) in [4.78, 5) is 41.7. The van der Waals surface area contributed by atoms with Gasteiger partial charge in [-0.3, -0.25) is 14.4 Å². The first-order valence-electron chi connectivity index (χ1n) is 10.6. The molecule has 1 aliphatic rings. The van der Waals surface area contributed by atoms with Crippen molar-refractivity contribution >= 4 is 40.4 Å². The number of carbonyl (C=O) groups is 3. The van der Waals surface area contributed by atoms with Crippen LogP contribution in [-0.2, 0) is 14.4 Å². The Hall–Kier alpha value is -4.19. The summed E-state index contributed by atoms with van der Waals surface area (Å²) in [6, 6.07) is 22.0. The Kier molecular flexibility index (Phi) is 5.84. The Bertz CT molecular complexity index is 1280. The number of benzene rings is 3. The zero-order valence-corrected chi connectivity index (χ0v) is 19.0. The van der Waals surface area contributed by atoms with Gasteiger partial charge >= 0.3 is 0 Å². The molecule has 6 heteroatoms. The second kappa shape index (κ2) is 8.74. The van der Waals surface area contributed by atoms with Crippen LogP contribution < -0.4 is 15.1 Å². The van der Waals surface area contributed by atoms with Gasteiger partial charge in [0.2, 0.25) is 5.91 Å². The predicted octanol–water partition coefficient (Wildman–Crippen LogP) is 4.68. The molecule has 0 saturated heterocycles. The van der Waals surface area contributed by atoms with E-state index in [9.17, 15) is 14.4 Å². The van der Waals surface area contributed by atoms with Crippen molar-refractivity contribution < 1.29 is 14.4 Å². The minimum atomic E-state index is -0.395. The molecule has 0 aromatic heterocycles. The Morgan fingerprint density at radius 2 is 1.55 bits per heavy atom. The van der Waals surface area contributed by atoms with Gasteiger partial charge in [0, 0.05) is 25.3 Å². The number of carbonyl (C=O) groups excluding carboxylic acids is 3. The molecule has 0 bridgehead atoms. The summed E-state index contributed by atoms with van der Waals surface area (Å²) in [7, 11) is 1.79. The highest BCUT2D eigenvalue weighted by atomic mass is 16.2. The summed E-state index contributed by atoms with van der Waals surface area (Å²) >= 11 is 0. The van der Waals surface area contributed by atoms with E-state index in [1.165, 1.54) is 11.8 Å². The van der Waals surface area contributed by atoms with Gasteiger partial charge < -0.3 is 10.2 Å². The molecule has 1 heterocycles. The summed E-state index contributed by atoms with van der Waals surface area (Å²) in [6.07, 6.45) is 0. The number of aryl methyl sites for hydroxylation is 2. The molecule has 0 spiro atoms. The fourth-order valence-corrected chi connectivity index (χ4v) is 4.08. The third kappa shape index (κ3) is 4.15. The van der Waals surface area contributed by atoms with Crippen LogP contribution in [0, 0.1) is 13.8 Å². The first-order chi connectivity index (χ1) is 15.8. The largest absolute Gasteiger partial charge is 0.339 e. The fraction of sp³-hybridized carbons (Fsp3) is 0.148. The van der Waals surface area contributed by atoms with Gasteiger partial charge in [0.1, 0.15) is 5.70 Å². The van der Waals surface area contributed by atoms with Gasteiger partial charge in [0.05, 0.1) is 11.3 Å². The second-order valence-electron chi connectivity index (χ2n) is 8.11. The molecule has 1 aliphatic heterocycles. The van der Waals surface area contributed by atoms with Crippen molar-refractivity contribution in [3.05, 3.63) is 95.2 Å². The third-order valence-corrected chi connectivity index (χ3v) is 5.64. The topological polar surface area (TPSA) is 69.7 Å². The Balaban J connectivity index is 1.83. The number of nitrogens with zero attached hydrogens (tertiary/aromatic N) is 2. The van der Waals surface area contributed by atoms with Gasteiger partial charge in [-0.1, -0.05) is 42.0 Å². The van der Waals surface area contributed by atoms with Crippen LogP contribution in [0.4, 0.5) is 17.1 Å². The van der Waals surface area contributed by atoms with Gasteiger partial charge in [-0.2, -0.15) is 0 Å². The van der Waals surface area contributed by atoms with Crippen molar-refractivity contribution in [2.45, 2.75) is 20.8 Å². The molecule has 33 heavy (non-hydrogen) atoms. The number of hydrogen-bond acceptors (Lipinski definition) is 4. The van der Waals surface area contributed by atoms with Crippen LogP contribution in [-0.4, -0.2) is 24.8 Å².